The maximum atomic E-state index is 11.8. The minimum absolute atomic E-state index is 0.224. The van der Waals surface area contributed by atoms with Gasteiger partial charge in [0.2, 0.25) is 0 Å². The molecular formula is C14H16N2O3. The molecule has 0 saturated heterocycles. The van der Waals surface area contributed by atoms with Crippen molar-refractivity contribution in [3.63, 3.8) is 0 Å². The second-order valence-electron chi connectivity index (χ2n) is 3.95. The zero-order valence-corrected chi connectivity index (χ0v) is 10.7. The lowest BCUT2D eigenvalue weighted by Gasteiger charge is -2.02. The largest absolute Gasteiger partial charge is 0.458 e. The predicted octanol–water partition coefficient (Wildman–Crippen LogP) is 2.13. The Morgan fingerprint density at radius 2 is 2.26 bits per heavy atom. The zero-order valence-electron chi connectivity index (χ0n) is 10.7. The number of amides is 1. The zero-order chi connectivity index (χ0) is 13.7. The quantitative estimate of drug-likeness (QED) is 0.284. The number of hydrogen-bond donors (Lipinski definition) is 2. The number of allylic oxidation sites excluding steroid dienone is 1. The Morgan fingerprint density at radius 3 is 3.00 bits per heavy atom. The van der Waals surface area contributed by atoms with E-state index in [1.54, 1.807) is 6.07 Å². The van der Waals surface area contributed by atoms with Crippen LogP contribution in [0.5, 0.6) is 0 Å². The van der Waals surface area contributed by atoms with E-state index < -0.39 is 0 Å². The van der Waals surface area contributed by atoms with E-state index in [9.17, 15) is 4.79 Å². The Bertz CT molecular complexity index is 602. The summed E-state index contributed by atoms with van der Waals surface area (Å²) in [6.45, 7) is 2.61. The van der Waals surface area contributed by atoms with Gasteiger partial charge in [0.25, 0.3) is 5.91 Å². The number of rotatable bonds is 5. The molecule has 0 fully saturated rings. The van der Waals surface area contributed by atoms with Crippen molar-refractivity contribution < 1.29 is 13.9 Å². The normalized spacial score (nSPS) is 11.3. The summed E-state index contributed by atoms with van der Waals surface area (Å²) in [4.78, 5) is 11.8. The van der Waals surface area contributed by atoms with E-state index in [-0.39, 0.29) is 12.5 Å². The maximum Gasteiger partial charge on any atom is 0.269 e. The lowest BCUT2D eigenvalue weighted by molar-refractivity contribution is 0.0940. The monoisotopic (exact) mass is 260 g/mol. The molecule has 0 spiro atoms. The Labute approximate surface area is 111 Å². The van der Waals surface area contributed by atoms with Crippen molar-refractivity contribution in [2.45, 2.75) is 13.5 Å². The maximum absolute atomic E-state index is 11.8. The lowest BCUT2D eigenvalue weighted by atomic mass is 10.1. The second kappa shape index (κ2) is 6.17. The smallest absolute Gasteiger partial charge is 0.269 e. The van der Waals surface area contributed by atoms with Crippen LogP contribution in [-0.4, -0.2) is 12.5 Å². The molecule has 5 nitrogen and oxygen atoms in total. The van der Waals surface area contributed by atoms with Crippen LogP contribution in [0.25, 0.3) is 11.0 Å². The van der Waals surface area contributed by atoms with Gasteiger partial charge in [0.15, 0.2) is 0 Å². The molecule has 2 aromatic rings. The van der Waals surface area contributed by atoms with Crippen molar-refractivity contribution in [3.05, 3.63) is 47.7 Å². The van der Waals surface area contributed by atoms with Crippen molar-refractivity contribution >= 4 is 16.9 Å². The van der Waals surface area contributed by atoms with E-state index in [1.165, 1.54) is 0 Å². The summed E-state index contributed by atoms with van der Waals surface area (Å²) in [5.41, 5.74) is 3.21. The van der Waals surface area contributed by atoms with E-state index in [4.69, 9.17) is 15.0 Å². The first-order valence-corrected chi connectivity index (χ1v) is 5.98. The highest BCUT2D eigenvalue weighted by atomic mass is 16.5. The first-order chi connectivity index (χ1) is 9.27. The van der Waals surface area contributed by atoms with Crippen LogP contribution in [0.2, 0.25) is 0 Å². The van der Waals surface area contributed by atoms with Gasteiger partial charge < -0.3 is 9.15 Å². The van der Waals surface area contributed by atoms with Gasteiger partial charge in [0.05, 0.1) is 12.2 Å². The van der Waals surface area contributed by atoms with Gasteiger partial charge in [-0.05, 0) is 13.0 Å². The number of fused-ring (bicyclic) bond motifs is 1. The fourth-order valence-electron chi connectivity index (χ4n) is 1.83. The number of nitrogen functional groups attached to an aromatic ring is 1. The fraction of sp³-hybridized carbons (Fsp3) is 0.214. The highest BCUT2D eigenvalue weighted by Crippen LogP contribution is 2.26. The van der Waals surface area contributed by atoms with Crippen molar-refractivity contribution in [2.24, 2.45) is 5.84 Å². The fourth-order valence-corrected chi connectivity index (χ4v) is 1.83. The van der Waals surface area contributed by atoms with Crippen LogP contribution in [0.3, 0.4) is 0 Å². The number of hydrazine groups is 1. The third-order valence-corrected chi connectivity index (χ3v) is 2.71. The summed E-state index contributed by atoms with van der Waals surface area (Å²) in [7, 11) is 0. The lowest BCUT2D eigenvalue weighted by Crippen LogP contribution is -2.30. The molecule has 1 amide bonds. The topological polar surface area (TPSA) is 77.5 Å². The van der Waals surface area contributed by atoms with E-state index >= 15 is 0 Å². The summed E-state index contributed by atoms with van der Waals surface area (Å²) in [5, 5.41) is 0.732. The van der Waals surface area contributed by atoms with Gasteiger partial charge in [-0.25, -0.2) is 5.84 Å². The van der Waals surface area contributed by atoms with Gasteiger partial charge in [0.1, 0.15) is 18.0 Å². The van der Waals surface area contributed by atoms with E-state index in [1.807, 2.05) is 37.3 Å². The van der Waals surface area contributed by atoms with Crippen LogP contribution in [0.1, 0.15) is 23.0 Å². The van der Waals surface area contributed by atoms with Crippen molar-refractivity contribution in [2.75, 3.05) is 6.61 Å². The van der Waals surface area contributed by atoms with Crippen molar-refractivity contribution in [3.8, 4) is 0 Å². The Morgan fingerprint density at radius 1 is 1.47 bits per heavy atom. The SMILES string of the molecule is C/C=C/COCc1oc2ccccc2c1C(=O)NN. The van der Waals surface area contributed by atoms with Crippen LogP contribution < -0.4 is 11.3 Å². The third-order valence-electron chi connectivity index (χ3n) is 2.71. The van der Waals surface area contributed by atoms with Gasteiger partial charge in [-0.3, -0.25) is 10.2 Å². The molecule has 0 aliphatic rings. The summed E-state index contributed by atoms with van der Waals surface area (Å²) >= 11 is 0. The number of carbonyl (C=O) groups excluding carboxylic acids is 1. The van der Waals surface area contributed by atoms with Crippen LogP contribution >= 0.6 is 0 Å². The summed E-state index contributed by atoms with van der Waals surface area (Å²) in [6.07, 6.45) is 3.78. The van der Waals surface area contributed by atoms with Crippen LogP contribution in [0, 0.1) is 0 Å². The first-order valence-electron chi connectivity index (χ1n) is 5.98. The number of furan rings is 1. The predicted molar refractivity (Wildman–Crippen MR) is 72.3 cm³/mol. The second-order valence-corrected chi connectivity index (χ2v) is 3.95. The minimum atomic E-state index is -0.380. The van der Waals surface area contributed by atoms with E-state index in [2.05, 4.69) is 5.43 Å². The minimum Gasteiger partial charge on any atom is -0.458 e. The first kappa shape index (κ1) is 13.3. The molecule has 0 radical (unpaired) electrons. The Kier molecular flexibility index (Phi) is 4.33. The molecule has 1 heterocycles. The summed E-state index contributed by atoms with van der Waals surface area (Å²) in [5.74, 6) is 5.31. The molecule has 0 saturated carbocycles. The summed E-state index contributed by atoms with van der Waals surface area (Å²) in [6, 6.07) is 7.31. The molecule has 100 valence electrons. The molecule has 19 heavy (non-hydrogen) atoms. The molecule has 1 aromatic carbocycles. The number of para-hydroxylation sites is 1. The Hall–Kier alpha value is -2.11. The van der Waals surface area contributed by atoms with E-state index in [0.717, 1.165) is 5.39 Å². The number of ether oxygens (including phenoxy) is 1. The molecule has 0 aliphatic heterocycles. The van der Waals surface area contributed by atoms with Crippen LogP contribution in [-0.2, 0) is 11.3 Å². The number of benzene rings is 1. The van der Waals surface area contributed by atoms with Gasteiger partial charge in [-0.15, -0.1) is 0 Å². The molecule has 0 unspecified atom stereocenters. The highest BCUT2D eigenvalue weighted by Gasteiger charge is 2.19. The average molecular weight is 260 g/mol. The van der Waals surface area contributed by atoms with Crippen molar-refractivity contribution in [1.29, 1.82) is 0 Å². The van der Waals surface area contributed by atoms with Crippen molar-refractivity contribution in [1.82, 2.24) is 5.43 Å². The highest BCUT2D eigenvalue weighted by molar-refractivity contribution is 6.06. The molecule has 1 aromatic heterocycles. The molecule has 2 rings (SSSR count). The van der Waals surface area contributed by atoms with Crippen LogP contribution in [0.4, 0.5) is 0 Å². The number of nitrogens with one attached hydrogen (secondary N) is 1. The molecule has 0 atom stereocenters. The van der Waals surface area contributed by atoms with Gasteiger partial charge in [-0.1, -0.05) is 30.4 Å². The molecule has 0 aliphatic carbocycles. The third kappa shape index (κ3) is 2.83. The number of nitrogens with two attached hydrogens (primary N) is 1. The Balaban J connectivity index is 2.33. The average Bonchev–Trinajstić information content (AvgIpc) is 2.81. The molecule has 3 N–H and O–H groups in total. The standard InChI is InChI=1S/C14H16N2O3/c1-2-3-8-18-9-12-13(14(17)16-15)10-6-4-5-7-11(10)19-12/h2-7H,8-9,15H2,1H3,(H,16,17)/b3-2+. The van der Waals surface area contributed by atoms with Gasteiger partial charge in [-0.2, -0.15) is 0 Å². The molecule has 5 heteroatoms. The number of carbonyl (C=O) groups is 1. The van der Waals surface area contributed by atoms with Crippen LogP contribution in [0.15, 0.2) is 40.8 Å². The molecule has 0 bridgehead atoms. The molecular weight excluding hydrogens is 244 g/mol. The number of hydrogen-bond acceptors (Lipinski definition) is 4. The summed E-state index contributed by atoms with van der Waals surface area (Å²) < 4.78 is 11.1. The van der Waals surface area contributed by atoms with Gasteiger partial charge >= 0.3 is 0 Å². The van der Waals surface area contributed by atoms with E-state index in [0.29, 0.717) is 23.5 Å². The van der Waals surface area contributed by atoms with Gasteiger partial charge in [0, 0.05) is 5.39 Å².